The van der Waals surface area contributed by atoms with Gasteiger partial charge in [-0.15, -0.1) is 4.91 Å². The smallest absolute Gasteiger partial charge is 0.310 e. The number of anilines is 1. The number of nitrogens with zero attached hydrogens (tertiary/aromatic N) is 2. The second-order valence-corrected chi connectivity index (χ2v) is 3.92. The molecule has 0 aliphatic heterocycles. The Hall–Kier alpha value is -2.11. The average Bonchev–Trinajstić information content (AvgIpc) is 2.26. The van der Waals surface area contributed by atoms with Crippen molar-refractivity contribution in [3.05, 3.63) is 28.3 Å². The summed E-state index contributed by atoms with van der Waals surface area (Å²) in [6, 6.07) is 2.77. The second kappa shape index (κ2) is 5.29. The highest BCUT2D eigenvalue weighted by Crippen LogP contribution is 2.12. The second-order valence-electron chi connectivity index (χ2n) is 3.92. The number of aryl methyl sites for hydroxylation is 1. The lowest BCUT2D eigenvalue weighted by molar-refractivity contribution is -0.118. The number of carbonyl (C=O) groups is 2. The minimum absolute atomic E-state index is 0.117. The van der Waals surface area contributed by atoms with Gasteiger partial charge in [0, 0.05) is 16.8 Å². The molecule has 1 rings (SSSR count). The van der Waals surface area contributed by atoms with Crippen LogP contribution in [0.15, 0.2) is 17.3 Å². The van der Waals surface area contributed by atoms with Crippen molar-refractivity contribution in [2.45, 2.75) is 20.8 Å². The number of nitrogens with one attached hydrogen (secondary N) is 1. The molecule has 2 amide bonds. The van der Waals surface area contributed by atoms with Crippen LogP contribution in [0.25, 0.3) is 0 Å². The fourth-order valence-electron chi connectivity index (χ4n) is 1.18. The zero-order valence-corrected chi connectivity index (χ0v) is 9.85. The molecule has 0 saturated heterocycles. The Balaban J connectivity index is 3.01. The summed E-state index contributed by atoms with van der Waals surface area (Å²) in [5.41, 5.74) is 0.644. The van der Waals surface area contributed by atoms with E-state index in [1.807, 2.05) is 0 Å². The van der Waals surface area contributed by atoms with E-state index in [9.17, 15) is 14.5 Å². The van der Waals surface area contributed by atoms with Crippen LogP contribution < -0.4 is 5.32 Å². The molecule has 0 aliphatic carbocycles. The molecular weight excluding hydrogens is 222 g/mol. The molecular formula is C11H13N3O3. The Morgan fingerprint density at radius 2 is 2.00 bits per heavy atom. The van der Waals surface area contributed by atoms with E-state index in [4.69, 9.17) is 0 Å². The fraction of sp³-hybridized carbons (Fsp3) is 0.364. The van der Waals surface area contributed by atoms with Gasteiger partial charge in [0.05, 0.1) is 5.56 Å². The maximum Gasteiger partial charge on any atom is 0.316 e. The van der Waals surface area contributed by atoms with E-state index in [1.165, 1.54) is 12.1 Å². The highest BCUT2D eigenvalue weighted by molar-refractivity contribution is 5.97. The first-order valence-electron chi connectivity index (χ1n) is 5.11. The maximum absolute atomic E-state index is 11.5. The molecule has 0 fully saturated rings. The Kier molecular flexibility index (Phi) is 4.03. The number of carbonyl (C=O) groups excluding carboxylic acids is 2. The summed E-state index contributed by atoms with van der Waals surface area (Å²) in [6.07, 6.45) is 0. The maximum atomic E-state index is 11.5. The van der Waals surface area contributed by atoms with E-state index >= 15 is 0 Å². The van der Waals surface area contributed by atoms with Gasteiger partial charge >= 0.3 is 5.91 Å². The molecule has 6 heteroatoms. The van der Waals surface area contributed by atoms with Gasteiger partial charge in [0.15, 0.2) is 0 Å². The van der Waals surface area contributed by atoms with Crippen molar-refractivity contribution in [3.8, 4) is 0 Å². The molecule has 0 aromatic carbocycles. The van der Waals surface area contributed by atoms with Crippen LogP contribution in [0.4, 0.5) is 5.82 Å². The minimum atomic E-state index is -0.879. The molecule has 1 aromatic heterocycles. The van der Waals surface area contributed by atoms with E-state index in [0.29, 0.717) is 5.69 Å². The minimum Gasteiger partial charge on any atom is -0.310 e. The van der Waals surface area contributed by atoms with Crippen molar-refractivity contribution in [3.63, 3.8) is 0 Å². The first kappa shape index (κ1) is 13.0. The van der Waals surface area contributed by atoms with E-state index in [-0.39, 0.29) is 23.2 Å². The molecule has 0 unspecified atom stereocenters. The zero-order chi connectivity index (χ0) is 13.0. The van der Waals surface area contributed by atoms with Crippen LogP contribution in [-0.4, -0.2) is 16.8 Å². The Bertz CT molecular complexity index is 469. The lowest BCUT2D eigenvalue weighted by Crippen LogP contribution is -2.19. The van der Waals surface area contributed by atoms with Gasteiger partial charge in [-0.1, -0.05) is 13.8 Å². The molecule has 1 N–H and O–H groups in total. The third-order valence-corrected chi connectivity index (χ3v) is 2.06. The van der Waals surface area contributed by atoms with Gasteiger partial charge in [0.2, 0.25) is 5.91 Å². The molecule has 90 valence electrons. The molecule has 0 bridgehead atoms. The van der Waals surface area contributed by atoms with Crippen molar-refractivity contribution >= 4 is 17.6 Å². The molecule has 1 heterocycles. The zero-order valence-electron chi connectivity index (χ0n) is 9.85. The number of pyridine rings is 1. The lowest BCUT2D eigenvalue weighted by atomic mass is 10.2. The van der Waals surface area contributed by atoms with Crippen molar-refractivity contribution in [2.75, 3.05) is 5.32 Å². The van der Waals surface area contributed by atoms with Crippen LogP contribution in [0.1, 0.15) is 29.9 Å². The Morgan fingerprint density at radius 1 is 1.35 bits per heavy atom. The van der Waals surface area contributed by atoms with Crippen LogP contribution in [-0.2, 0) is 4.79 Å². The summed E-state index contributed by atoms with van der Waals surface area (Å²) >= 11 is 0. The molecule has 0 spiro atoms. The SMILES string of the molecule is Cc1cc(C(=O)N=O)cc(NC(=O)C(C)C)n1. The summed E-state index contributed by atoms with van der Waals surface area (Å²) < 4.78 is 0. The molecule has 0 atom stereocenters. The van der Waals surface area contributed by atoms with Gasteiger partial charge in [0.25, 0.3) is 0 Å². The summed E-state index contributed by atoms with van der Waals surface area (Å²) in [6.45, 7) is 5.14. The third-order valence-electron chi connectivity index (χ3n) is 2.06. The van der Waals surface area contributed by atoms with Gasteiger partial charge in [-0.05, 0) is 19.1 Å². The standard InChI is InChI=1S/C11H13N3O3/c1-6(2)10(15)13-9-5-8(11(16)14-17)4-7(3)12-9/h4-6H,1-3H3,(H,12,13,15). The Labute approximate surface area is 98.4 Å². The van der Waals surface area contributed by atoms with Gasteiger partial charge in [-0.3, -0.25) is 9.59 Å². The fourth-order valence-corrected chi connectivity index (χ4v) is 1.18. The number of nitroso groups, excluding NO2 is 1. The summed E-state index contributed by atoms with van der Waals surface area (Å²) in [5.74, 6) is -1.03. The molecule has 0 aliphatic rings. The average molecular weight is 235 g/mol. The number of hydrogen-bond acceptors (Lipinski definition) is 4. The van der Waals surface area contributed by atoms with Gasteiger partial charge in [0.1, 0.15) is 5.82 Å². The summed E-state index contributed by atoms with van der Waals surface area (Å²) in [7, 11) is 0. The van der Waals surface area contributed by atoms with E-state index in [0.717, 1.165) is 0 Å². The van der Waals surface area contributed by atoms with Crippen molar-refractivity contribution in [2.24, 2.45) is 11.1 Å². The monoisotopic (exact) mass is 235 g/mol. The number of aromatic nitrogens is 1. The predicted octanol–water partition coefficient (Wildman–Crippen LogP) is 1.89. The number of amides is 2. The lowest BCUT2D eigenvalue weighted by Gasteiger charge is -2.08. The van der Waals surface area contributed by atoms with Gasteiger partial charge in [-0.25, -0.2) is 4.98 Å². The highest BCUT2D eigenvalue weighted by atomic mass is 16.3. The van der Waals surface area contributed by atoms with Crippen molar-refractivity contribution < 1.29 is 9.59 Å². The van der Waals surface area contributed by atoms with Crippen LogP contribution in [0, 0.1) is 17.7 Å². The van der Waals surface area contributed by atoms with Crippen LogP contribution in [0.3, 0.4) is 0 Å². The van der Waals surface area contributed by atoms with Crippen LogP contribution in [0.2, 0.25) is 0 Å². The van der Waals surface area contributed by atoms with Gasteiger partial charge < -0.3 is 5.32 Å². The topological polar surface area (TPSA) is 88.5 Å². The first-order chi connectivity index (χ1) is 7.93. The molecule has 17 heavy (non-hydrogen) atoms. The van der Waals surface area contributed by atoms with E-state index in [2.05, 4.69) is 15.5 Å². The molecule has 0 saturated carbocycles. The first-order valence-corrected chi connectivity index (χ1v) is 5.11. The quantitative estimate of drug-likeness (QED) is 0.810. The molecule has 1 aromatic rings. The predicted molar refractivity (Wildman–Crippen MR) is 62.6 cm³/mol. The number of hydrogen-bond donors (Lipinski definition) is 1. The van der Waals surface area contributed by atoms with E-state index < -0.39 is 5.91 Å². The summed E-state index contributed by atoms with van der Waals surface area (Å²) in [5, 5.41) is 4.88. The number of rotatable bonds is 3. The molecule has 0 radical (unpaired) electrons. The van der Waals surface area contributed by atoms with Gasteiger partial charge in [-0.2, -0.15) is 0 Å². The normalized spacial score (nSPS) is 10.1. The largest absolute Gasteiger partial charge is 0.316 e. The van der Waals surface area contributed by atoms with Crippen LogP contribution >= 0.6 is 0 Å². The molecule has 6 nitrogen and oxygen atoms in total. The van der Waals surface area contributed by atoms with Crippen molar-refractivity contribution in [1.82, 2.24) is 4.98 Å². The van der Waals surface area contributed by atoms with Crippen molar-refractivity contribution in [1.29, 1.82) is 0 Å². The van der Waals surface area contributed by atoms with E-state index in [1.54, 1.807) is 20.8 Å². The third kappa shape index (κ3) is 3.44. The van der Waals surface area contributed by atoms with Crippen LogP contribution in [0.5, 0.6) is 0 Å². The summed E-state index contributed by atoms with van der Waals surface area (Å²) in [4.78, 5) is 36.8. The highest BCUT2D eigenvalue weighted by Gasteiger charge is 2.12. The Morgan fingerprint density at radius 3 is 2.53 bits per heavy atom.